The maximum absolute atomic E-state index is 5.79. The van der Waals surface area contributed by atoms with Crippen LogP contribution in [0.5, 0.6) is 0 Å². The number of piperidine rings is 1. The Kier molecular flexibility index (Phi) is 3.97. The number of nitrogens with two attached hydrogens (primary N) is 1. The van der Waals surface area contributed by atoms with Crippen LogP contribution in [0.2, 0.25) is 0 Å². The summed E-state index contributed by atoms with van der Waals surface area (Å²) in [6.45, 7) is 3.98. The Labute approximate surface area is 103 Å². The molecule has 17 heavy (non-hydrogen) atoms. The van der Waals surface area contributed by atoms with Crippen molar-refractivity contribution in [2.75, 3.05) is 25.1 Å². The Hall–Kier alpha value is -1.13. The standard InChI is InChI=1S/C13H21N3O/c1-10(14)13-6-5-11(8-15-13)16-7-3-4-12(9-16)17-2/h5-6,8,10,12H,3-4,7,9,14H2,1-2H3/t10-,12?/m0/s1. The molecule has 94 valence electrons. The molecule has 2 atom stereocenters. The lowest BCUT2D eigenvalue weighted by Crippen LogP contribution is -2.39. The van der Waals surface area contributed by atoms with E-state index in [0.29, 0.717) is 6.10 Å². The summed E-state index contributed by atoms with van der Waals surface area (Å²) in [6.07, 6.45) is 4.58. The van der Waals surface area contributed by atoms with Gasteiger partial charge in [0.05, 0.1) is 23.7 Å². The first kappa shape index (κ1) is 12.3. The van der Waals surface area contributed by atoms with Crippen molar-refractivity contribution in [1.29, 1.82) is 0 Å². The minimum Gasteiger partial charge on any atom is -0.380 e. The van der Waals surface area contributed by atoms with E-state index in [9.17, 15) is 0 Å². The Morgan fingerprint density at radius 2 is 2.35 bits per heavy atom. The lowest BCUT2D eigenvalue weighted by atomic mass is 10.1. The molecular weight excluding hydrogens is 214 g/mol. The molecule has 0 bridgehead atoms. The smallest absolute Gasteiger partial charge is 0.0746 e. The van der Waals surface area contributed by atoms with E-state index in [-0.39, 0.29) is 6.04 Å². The minimum atomic E-state index is -0.00266. The van der Waals surface area contributed by atoms with Crippen molar-refractivity contribution < 1.29 is 4.74 Å². The van der Waals surface area contributed by atoms with Gasteiger partial charge in [0.25, 0.3) is 0 Å². The molecule has 0 radical (unpaired) electrons. The van der Waals surface area contributed by atoms with Crippen molar-refractivity contribution in [3.05, 3.63) is 24.0 Å². The van der Waals surface area contributed by atoms with Crippen molar-refractivity contribution in [3.8, 4) is 0 Å². The molecule has 1 aliphatic heterocycles. The normalized spacial score (nSPS) is 22.5. The van der Waals surface area contributed by atoms with Crippen LogP contribution in [0.15, 0.2) is 18.3 Å². The maximum Gasteiger partial charge on any atom is 0.0746 e. The number of ether oxygens (including phenoxy) is 1. The van der Waals surface area contributed by atoms with Crippen molar-refractivity contribution in [2.24, 2.45) is 5.73 Å². The summed E-state index contributed by atoms with van der Waals surface area (Å²) in [5.41, 5.74) is 7.89. The molecule has 2 heterocycles. The predicted octanol–water partition coefficient (Wildman–Crippen LogP) is 1.72. The third-order valence-electron chi connectivity index (χ3n) is 3.31. The number of hydrogen-bond donors (Lipinski definition) is 1. The molecule has 2 N–H and O–H groups in total. The van der Waals surface area contributed by atoms with E-state index in [2.05, 4.69) is 16.0 Å². The van der Waals surface area contributed by atoms with Crippen LogP contribution in [0.3, 0.4) is 0 Å². The van der Waals surface area contributed by atoms with Crippen molar-refractivity contribution >= 4 is 5.69 Å². The van der Waals surface area contributed by atoms with Gasteiger partial charge in [-0.2, -0.15) is 0 Å². The van der Waals surface area contributed by atoms with Crippen LogP contribution in [0.25, 0.3) is 0 Å². The van der Waals surface area contributed by atoms with Gasteiger partial charge in [0.1, 0.15) is 0 Å². The first-order valence-electron chi connectivity index (χ1n) is 6.20. The average Bonchev–Trinajstić information content (AvgIpc) is 2.39. The zero-order valence-electron chi connectivity index (χ0n) is 10.6. The van der Waals surface area contributed by atoms with Crippen LogP contribution in [0, 0.1) is 0 Å². The molecule has 1 unspecified atom stereocenters. The summed E-state index contributed by atoms with van der Waals surface area (Å²) in [6, 6.07) is 4.11. The third-order valence-corrected chi connectivity index (χ3v) is 3.31. The third kappa shape index (κ3) is 2.96. The number of hydrogen-bond acceptors (Lipinski definition) is 4. The van der Waals surface area contributed by atoms with Gasteiger partial charge in [-0.05, 0) is 31.9 Å². The monoisotopic (exact) mass is 235 g/mol. The second-order valence-corrected chi connectivity index (χ2v) is 4.68. The van der Waals surface area contributed by atoms with E-state index >= 15 is 0 Å². The lowest BCUT2D eigenvalue weighted by Gasteiger charge is -2.33. The summed E-state index contributed by atoms with van der Waals surface area (Å²) >= 11 is 0. The number of pyridine rings is 1. The summed E-state index contributed by atoms with van der Waals surface area (Å²) < 4.78 is 5.42. The van der Waals surface area contributed by atoms with Gasteiger partial charge in [-0.1, -0.05) is 0 Å². The highest BCUT2D eigenvalue weighted by Gasteiger charge is 2.19. The van der Waals surface area contributed by atoms with Crippen molar-refractivity contribution in [2.45, 2.75) is 31.9 Å². The highest BCUT2D eigenvalue weighted by molar-refractivity contribution is 5.45. The van der Waals surface area contributed by atoms with Crippen LogP contribution in [0.4, 0.5) is 5.69 Å². The largest absolute Gasteiger partial charge is 0.380 e. The van der Waals surface area contributed by atoms with Crippen LogP contribution in [-0.2, 0) is 4.74 Å². The van der Waals surface area contributed by atoms with Crippen LogP contribution < -0.4 is 10.6 Å². The molecule has 1 aromatic heterocycles. The van der Waals surface area contributed by atoms with E-state index in [1.54, 1.807) is 7.11 Å². The van der Waals surface area contributed by atoms with Gasteiger partial charge in [-0.3, -0.25) is 4.98 Å². The van der Waals surface area contributed by atoms with Gasteiger partial charge in [0, 0.05) is 26.2 Å². The average molecular weight is 235 g/mol. The molecule has 1 fully saturated rings. The number of anilines is 1. The first-order chi connectivity index (χ1) is 8.20. The number of aromatic nitrogens is 1. The minimum absolute atomic E-state index is 0.00266. The fourth-order valence-corrected chi connectivity index (χ4v) is 2.22. The molecule has 0 spiro atoms. The van der Waals surface area contributed by atoms with E-state index in [0.717, 1.165) is 30.9 Å². The first-order valence-corrected chi connectivity index (χ1v) is 6.20. The summed E-state index contributed by atoms with van der Waals surface area (Å²) in [4.78, 5) is 6.73. The molecule has 2 rings (SSSR count). The SMILES string of the molecule is COC1CCCN(c2ccc([C@H](C)N)nc2)C1. The second-order valence-electron chi connectivity index (χ2n) is 4.68. The van der Waals surface area contributed by atoms with Crippen molar-refractivity contribution in [3.63, 3.8) is 0 Å². The molecule has 4 heteroatoms. The van der Waals surface area contributed by atoms with E-state index < -0.39 is 0 Å². The highest BCUT2D eigenvalue weighted by atomic mass is 16.5. The van der Waals surface area contributed by atoms with Crippen LogP contribution >= 0.6 is 0 Å². The lowest BCUT2D eigenvalue weighted by molar-refractivity contribution is 0.0893. The van der Waals surface area contributed by atoms with E-state index in [1.165, 1.54) is 6.42 Å². The van der Waals surface area contributed by atoms with Crippen molar-refractivity contribution in [1.82, 2.24) is 4.98 Å². The van der Waals surface area contributed by atoms with Gasteiger partial charge < -0.3 is 15.4 Å². The Balaban J connectivity index is 2.06. The predicted molar refractivity (Wildman–Crippen MR) is 69.1 cm³/mol. The summed E-state index contributed by atoms with van der Waals surface area (Å²) in [5.74, 6) is 0. The second kappa shape index (κ2) is 5.47. The van der Waals surface area contributed by atoms with Gasteiger partial charge >= 0.3 is 0 Å². The topological polar surface area (TPSA) is 51.4 Å². The molecule has 4 nitrogen and oxygen atoms in total. The maximum atomic E-state index is 5.79. The van der Waals surface area contributed by atoms with E-state index in [1.807, 2.05) is 19.2 Å². The molecule has 0 aromatic carbocycles. The summed E-state index contributed by atoms with van der Waals surface area (Å²) in [5, 5.41) is 0. The summed E-state index contributed by atoms with van der Waals surface area (Å²) in [7, 11) is 1.78. The van der Waals surface area contributed by atoms with Crippen LogP contribution in [0.1, 0.15) is 31.5 Å². The number of rotatable bonds is 3. The molecule has 1 saturated heterocycles. The Bertz CT molecular complexity index is 350. The highest BCUT2D eigenvalue weighted by Crippen LogP contribution is 2.21. The Morgan fingerprint density at radius 3 is 2.94 bits per heavy atom. The van der Waals surface area contributed by atoms with Crippen LogP contribution in [-0.4, -0.2) is 31.3 Å². The fraction of sp³-hybridized carbons (Fsp3) is 0.615. The zero-order chi connectivity index (χ0) is 12.3. The van der Waals surface area contributed by atoms with Gasteiger partial charge in [-0.25, -0.2) is 0 Å². The quantitative estimate of drug-likeness (QED) is 0.866. The number of nitrogens with zero attached hydrogens (tertiary/aromatic N) is 2. The van der Waals surface area contributed by atoms with Gasteiger partial charge in [-0.15, -0.1) is 0 Å². The zero-order valence-corrected chi connectivity index (χ0v) is 10.6. The van der Waals surface area contributed by atoms with E-state index in [4.69, 9.17) is 10.5 Å². The van der Waals surface area contributed by atoms with Gasteiger partial charge in [0.2, 0.25) is 0 Å². The fourth-order valence-electron chi connectivity index (χ4n) is 2.22. The number of methoxy groups -OCH3 is 1. The molecular formula is C13H21N3O. The molecule has 1 aromatic rings. The molecule has 0 aliphatic carbocycles. The molecule has 1 aliphatic rings. The molecule has 0 saturated carbocycles. The molecule has 0 amide bonds. The van der Waals surface area contributed by atoms with Gasteiger partial charge in [0.15, 0.2) is 0 Å². The Morgan fingerprint density at radius 1 is 1.53 bits per heavy atom.